The van der Waals surface area contributed by atoms with Crippen molar-refractivity contribution in [3.05, 3.63) is 35.1 Å². The Labute approximate surface area is 114 Å². The van der Waals surface area contributed by atoms with Crippen molar-refractivity contribution in [2.45, 2.75) is 13.3 Å². The summed E-state index contributed by atoms with van der Waals surface area (Å²) >= 11 is 5.84. The zero-order valence-corrected chi connectivity index (χ0v) is 11.0. The maximum atomic E-state index is 10.8. The van der Waals surface area contributed by atoms with Crippen LogP contribution in [0.15, 0.2) is 24.3 Å². The molecule has 6 nitrogen and oxygen atoms in total. The molecule has 0 aliphatic carbocycles. The third kappa shape index (κ3) is 3.03. The summed E-state index contributed by atoms with van der Waals surface area (Å²) in [6.07, 6.45) is -0.237. The number of aromatic nitrogens is 3. The van der Waals surface area contributed by atoms with Gasteiger partial charge >= 0.3 is 5.97 Å². The molecule has 19 heavy (non-hydrogen) atoms. The van der Waals surface area contributed by atoms with Crippen LogP contribution in [0, 0.1) is 0 Å². The van der Waals surface area contributed by atoms with Gasteiger partial charge in [0.05, 0.1) is 24.4 Å². The SMILES string of the molecule is CCOc1ccc(-n2nnc(Cl)c2CC(=O)O)cc1. The van der Waals surface area contributed by atoms with Gasteiger partial charge in [-0.15, -0.1) is 5.10 Å². The number of carbonyl (C=O) groups is 1. The number of rotatable bonds is 5. The fourth-order valence-corrected chi connectivity index (χ4v) is 1.81. The van der Waals surface area contributed by atoms with Gasteiger partial charge in [0.1, 0.15) is 5.75 Å². The average molecular weight is 282 g/mol. The topological polar surface area (TPSA) is 77.2 Å². The lowest BCUT2D eigenvalue weighted by atomic mass is 10.2. The summed E-state index contributed by atoms with van der Waals surface area (Å²) in [6.45, 7) is 2.48. The molecule has 0 spiro atoms. The number of hydrogen-bond donors (Lipinski definition) is 1. The summed E-state index contributed by atoms with van der Waals surface area (Å²) in [7, 11) is 0. The molecule has 1 aromatic heterocycles. The summed E-state index contributed by atoms with van der Waals surface area (Å²) in [5, 5.41) is 16.5. The van der Waals surface area contributed by atoms with Gasteiger partial charge in [-0.2, -0.15) is 0 Å². The minimum absolute atomic E-state index is 0.0938. The normalized spacial score (nSPS) is 10.4. The maximum absolute atomic E-state index is 10.8. The highest BCUT2D eigenvalue weighted by atomic mass is 35.5. The summed E-state index contributed by atoms with van der Waals surface area (Å²) in [6, 6.07) is 7.08. The van der Waals surface area contributed by atoms with Crippen molar-refractivity contribution in [1.82, 2.24) is 15.0 Å². The van der Waals surface area contributed by atoms with Gasteiger partial charge in [0.25, 0.3) is 0 Å². The molecule has 2 aromatic rings. The zero-order valence-electron chi connectivity index (χ0n) is 10.2. The van der Waals surface area contributed by atoms with Crippen LogP contribution in [0.25, 0.3) is 5.69 Å². The van der Waals surface area contributed by atoms with Crippen LogP contribution in [0.3, 0.4) is 0 Å². The predicted molar refractivity (Wildman–Crippen MR) is 68.9 cm³/mol. The highest BCUT2D eigenvalue weighted by molar-refractivity contribution is 6.30. The Kier molecular flexibility index (Phi) is 4.01. The number of ether oxygens (including phenoxy) is 1. The Balaban J connectivity index is 2.33. The van der Waals surface area contributed by atoms with Crippen molar-refractivity contribution in [3.8, 4) is 11.4 Å². The van der Waals surface area contributed by atoms with Crippen molar-refractivity contribution in [2.75, 3.05) is 6.61 Å². The number of halogens is 1. The second kappa shape index (κ2) is 5.71. The summed E-state index contributed by atoms with van der Waals surface area (Å²) < 4.78 is 6.74. The van der Waals surface area contributed by atoms with Gasteiger partial charge in [0, 0.05) is 0 Å². The number of carboxylic acids is 1. The first-order chi connectivity index (χ1) is 9.11. The number of carboxylic acid groups (broad SMARTS) is 1. The maximum Gasteiger partial charge on any atom is 0.309 e. The Morgan fingerprint density at radius 3 is 2.68 bits per heavy atom. The molecule has 0 amide bonds. The number of aliphatic carboxylic acids is 1. The zero-order chi connectivity index (χ0) is 13.8. The van der Waals surface area contributed by atoms with Crippen LogP contribution in [0.2, 0.25) is 5.15 Å². The molecule has 0 radical (unpaired) electrons. The minimum atomic E-state index is -0.989. The molecule has 1 aromatic carbocycles. The molecule has 0 aliphatic heterocycles. The van der Waals surface area contributed by atoms with Crippen LogP contribution in [-0.2, 0) is 11.2 Å². The van der Waals surface area contributed by atoms with Crippen LogP contribution in [0.5, 0.6) is 5.75 Å². The second-order valence-electron chi connectivity index (χ2n) is 3.74. The Morgan fingerprint density at radius 1 is 1.42 bits per heavy atom. The Hall–Kier alpha value is -2.08. The molecule has 2 rings (SSSR count). The van der Waals surface area contributed by atoms with Gasteiger partial charge < -0.3 is 9.84 Å². The molecule has 0 aliphatic rings. The fourth-order valence-electron chi connectivity index (χ4n) is 1.63. The van der Waals surface area contributed by atoms with Gasteiger partial charge in [0.2, 0.25) is 0 Å². The molecule has 100 valence electrons. The molecular weight excluding hydrogens is 270 g/mol. The Bertz CT molecular complexity index is 580. The van der Waals surface area contributed by atoms with Gasteiger partial charge in [-0.05, 0) is 31.2 Å². The van der Waals surface area contributed by atoms with Crippen LogP contribution in [0.4, 0.5) is 0 Å². The lowest BCUT2D eigenvalue weighted by Crippen LogP contribution is -2.08. The molecule has 0 fully saturated rings. The molecule has 0 atom stereocenters. The van der Waals surface area contributed by atoms with E-state index in [0.29, 0.717) is 18.0 Å². The number of nitrogens with zero attached hydrogens (tertiary/aromatic N) is 3. The number of hydrogen-bond acceptors (Lipinski definition) is 4. The van der Waals surface area contributed by atoms with Crippen LogP contribution in [0.1, 0.15) is 12.6 Å². The molecular formula is C12H12ClN3O3. The number of benzene rings is 1. The summed E-state index contributed by atoms with van der Waals surface area (Å²) in [5.74, 6) is -0.256. The molecule has 0 bridgehead atoms. The first-order valence-electron chi connectivity index (χ1n) is 5.67. The van der Waals surface area contributed by atoms with E-state index in [1.54, 1.807) is 24.3 Å². The third-order valence-electron chi connectivity index (χ3n) is 2.43. The fraction of sp³-hybridized carbons (Fsp3) is 0.250. The van der Waals surface area contributed by atoms with Gasteiger partial charge in [-0.25, -0.2) is 4.68 Å². The van der Waals surface area contributed by atoms with Gasteiger partial charge in [-0.3, -0.25) is 4.79 Å². The molecule has 7 heteroatoms. The molecule has 0 saturated carbocycles. The highest BCUT2D eigenvalue weighted by Gasteiger charge is 2.15. The van der Waals surface area contributed by atoms with E-state index in [1.807, 2.05) is 6.92 Å². The second-order valence-corrected chi connectivity index (χ2v) is 4.09. The van der Waals surface area contributed by atoms with Gasteiger partial charge in [0.15, 0.2) is 5.15 Å². The quantitative estimate of drug-likeness (QED) is 0.906. The van der Waals surface area contributed by atoms with Crippen molar-refractivity contribution in [2.24, 2.45) is 0 Å². The van der Waals surface area contributed by atoms with E-state index in [1.165, 1.54) is 4.68 Å². The first kappa shape index (κ1) is 13.4. The van der Waals surface area contributed by atoms with E-state index < -0.39 is 5.97 Å². The van der Waals surface area contributed by atoms with Gasteiger partial charge in [-0.1, -0.05) is 16.8 Å². The third-order valence-corrected chi connectivity index (χ3v) is 2.72. The van der Waals surface area contributed by atoms with E-state index in [9.17, 15) is 4.79 Å². The summed E-state index contributed by atoms with van der Waals surface area (Å²) in [5.41, 5.74) is 1.03. The molecule has 0 unspecified atom stereocenters. The molecule has 0 saturated heterocycles. The van der Waals surface area contributed by atoms with E-state index >= 15 is 0 Å². The predicted octanol–water partition coefficient (Wildman–Crippen LogP) is 1.95. The monoisotopic (exact) mass is 281 g/mol. The van der Waals surface area contributed by atoms with Crippen molar-refractivity contribution in [1.29, 1.82) is 0 Å². The van der Waals surface area contributed by atoms with Crippen LogP contribution in [-0.4, -0.2) is 32.7 Å². The smallest absolute Gasteiger partial charge is 0.309 e. The van der Waals surface area contributed by atoms with Crippen LogP contribution >= 0.6 is 11.6 Å². The first-order valence-corrected chi connectivity index (χ1v) is 6.04. The largest absolute Gasteiger partial charge is 0.494 e. The minimum Gasteiger partial charge on any atom is -0.494 e. The van der Waals surface area contributed by atoms with E-state index in [4.69, 9.17) is 21.4 Å². The van der Waals surface area contributed by atoms with Crippen molar-refractivity contribution < 1.29 is 14.6 Å². The van der Waals surface area contributed by atoms with E-state index in [0.717, 1.165) is 5.75 Å². The standard InChI is InChI=1S/C12H12ClN3O3/c1-2-19-9-5-3-8(4-6-9)16-10(7-11(17)18)12(13)14-15-16/h3-6H,2,7H2,1H3,(H,17,18). The summed E-state index contributed by atoms with van der Waals surface area (Å²) in [4.78, 5) is 10.8. The highest BCUT2D eigenvalue weighted by Crippen LogP contribution is 2.20. The van der Waals surface area contributed by atoms with Crippen molar-refractivity contribution in [3.63, 3.8) is 0 Å². The Morgan fingerprint density at radius 2 is 2.11 bits per heavy atom. The van der Waals surface area contributed by atoms with Crippen LogP contribution < -0.4 is 4.74 Å². The van der Waals surface area contributed by atoms with E-state index in [2.05, 4.69) is 10.3 Å². The lowest BCUT2D eigenvalue weighted by molar-refractivity contribution is -0.136. The molecule has 1 heterocycles. The average Bonchev–Trinajstić information content (AvgIpc) is 2.72. The van der Waals surface area contributed by atoms with Crippen molar-refractivity contribution >= 4 is 17.6 Å². The molecule has 1 N–H and O–H groups in total. The van der Waals surface area contributed by atoms with E-state index in [-0.39, 0.29) is 11.6 Å². The lowest BCUT2D eigenvalue weighted by Gasteiger charge is -2.07.